The average molecular weight is 383 g/mol. The summed E-state index contributed by atoms with van der Waals surface area (Å²) in [6.45, 7) is 5.00. The Kier molecular flexibility index (Phi) is 4.73. The molecule has 0 bridgehead atoms. The number of aryl methyl sites for hydroxylation is 2. The Balaban J connectivity index is 1.56. The lowest BCUT2D eigenvalue weighted by Gasteiger charge is -2.19. The topological polar surface area (TPSA) is 68.3 Å². The molecule has 0 fully saturated rings. The van der Waals surface area contributed by atoms with Crippen LogP contribution < -0.4 is 20.1 Å². The number of aromatic nitrogens is 2. The summed E-state index contributed by atoms with van der Waals surface area (Å²) >= 11 is 6.20. The number of nitrogens with zero attached hydrogens (tertiary/aromatic N) is 2. The summed E-state index contributed by atoms with van der Waals surface area (Å²) in [5.74, 6) is 2.64. The normalized spacial score (nSPS) is 12.6. The van der Waals surface area contributed by atoms with Crippen LogP contribution in [0, 0.1) is 13.8 Å². The van der Waals surface area contributed by atoms with Crippen LogP contribution in [0.2, 0.25) is 5.02 Å². The summed E-state index contributed by atoms with van der Waals surface area (Å²) in [6.07, 6.45) is 0. The first-order valence-corrected chi connectivity index (χ1v) is 9.00. The number of anilines is 4. The molecule has 2 aromatic carbocycles. The second-order valence-electron chi connectivity index (χ2n) is 6.29. The maximum atomic E-state index is 6.20. The highest BCUT2D eigenvalue weighted by Crippen LogP contribution is 2.33. The zero-order chi connectivity index (χ0) is 18.8. The highest BCUT2D eigenvalue weighted by Gasteiger charge is 2.12. The van der Waals surface area contributed by atoms with Crippen molar-refractivity contribution in [2.75, 3.05) is 23.8 Å². The number of ether oxygens (including phenoxy) is 2. The molecule has 6 nitrogen and oxygen atoms in total. The largest absolute Gasteiger partial charge is 0.486 e. The number of fused-ring (bicyclic) bond motifs is 1. The van der Waals surface area contributed by atoms with E-state index in [4.69, 9.17) is 21.1 Å². The van der Waals surface area contributed by atoms with Crippen LogP contribution in [0.3, 0.4) is 0 Å². The van der Waals surface area contributed by atoms with Crippen molar-refractivity contribution in [1.82, 2.24) is 9.97 Å². The van der Waals surface area contributed by atoms with Crippen molar-refractivity contribution in [3.63, 3.8) is 0 Å². The summed E-state index contributed by atoms with van der Waals surface area (Å²) in [5, 5.41) is 7.20. The zero-order valence-electron chi connectivity index (χ0n) is 15.0. The van der Waals surface area contributed by atoms with Gasteiger partial charge in [-0.1, -0.05) is 17.7 Å². The molecule has 0 unspecified atom stereocenters. The van der Waals surface area contributed by atoms with Gasteiger partial charge in [-0.2, -0.15) is 4.98 Å². The van der Waals surface area contributed by atoms with Crippen molar-refractivity contribution in [2.24, 2.45) is 0 Å². The van der Waals surface area contributed by atoms with E-state index in [1.807, 2.05) is 56.3 Å². The summed E-state index contributed by atoms with van der Waals surface area (Å²) in [5.41, 5.74) is 3.57. The van der Waals surface area contributed by atoms with Crippen LogP contribution in [0.5, 0.6) is 11.5 Å². The van der Waals surface area contributed by atoms with Gasteiger partial charge < -0.3 is 20.1 Å². The molecule has 0 atom stereocenters. The average Bonchev–Trinajstić information content (AvgIpc) is 2.64. The first-order valence-electron chi connectivity index (χ1n) is 8.62. The minimum absolute atomic E-state index is 0.493. The van der Waals surface area contributed by atoms with Crippen LogP contribution in [0.25, 0.3) is 0 Å². The Morgan fingerprint density at radius 2 is 1.59 bits per heavy atom. The van der Waals surface area contributed by atoms with Crippen LogP contribution in [0.1, 0.15) is 11.3 Å². The molecule has 27 heavy (non-hydrogen) atoms. The molecule has 7 heteroatoms. The Labute approximate surface area is 162 Å². The Morgan fingerprint density at radius 3 is 2.41 bits per heavy atom. The molecule has 0 saturated carbocycles. The smallest absolute Gasteiger partial charge is 0.229 e. The number of rotatable bonds is 4. The van der Waals surface area contributed by atoms with Crippen LogP contribution in [-0.4, -0.2) is 23.2 Å². The van der Waals surface area contributed by atoms with E-state index in [0.717, 1.165) is 28.4 Å². The van der Waals surface area contributed by atoms with Crippen molar-refractivity contribution >= 4 is 34.7 Å². The first-order chi connectivity index (χ1) is 13.1. The minimum Gasteiger partial charge on any atom is -0.486 e. The molecule has 0 spiro atoms. The summed E-state index contributed by atoms with van der Waals surface area (Å²) < 4.78 is 11.2. The molecule has 4 rings (SSSR count). The van der Waals surface area contributed by atoms with E-state index in [0.29, 0.717) is 35.8 Å². The second-order valence-corrected chi connectivity index (χ2v) is 6.70. The number of hydrogen-bond donors (Lipinski definition) is 2. The van der Waals surface area contributed by atoms with Gasteiger partial charge in [-0.25, -0.2) is 4.98 Å². The fourth-order valence-corrected chi connectivity index (χ4v) is 2.94. The lowest BCUT2D eigenvalue weighted by molar-refractivity contribution is 0.171. The van der Waals surface area contributed by atoms with Gasteiger partial charge in [-0.05, 0) is 43.7 Å². The summed E-state index contributed by atoms with van der Waals surface area (Å²) in [6, 6.07) is 13.4. The molecule has 3 aromatic rings. The van der Waals surface area contributed by atoms with Crippen molar-refractivity contribution < 1.29 is 9.47 Å². The fraction of sp³-hybridized carbons (Fsp3) is 0.200. The van der Waals surface area contributed by atoms with Gasteiger partial charge in [0, 0.05) is 34.2 Å². The maximum absolute atomic E-state index is 6.20. The van der Waals surface area contributed by atoms with Crippen molar-refractivity contribution in [3.8, 4) is 11.5 Å². The van der Waals surface area contributed by atoms with Gasteiger partial charge in [0.25, 0.3) is 0 Å². The molecule has 1 aromatic heterocycles. The van der Waals surface area contributed by atoms with Gasteiger partial charge in [-0.15, -0.1) is 0 Å². The molecular formula is C20H19ClN4O2. The Bertz CT molecular complexity index is 994. The molecule has 0 radical (unpaired) electrons. The quantitative estimate of drug-likeness (QED) is 0.661. The predicted octanol–water partition coefficient (Wildman–Crippen LogP) is 5.01. The monoisotopic (exact) mass is 382 g/mol. The number of benzene rings is 2. The molecule has 0 aliphatic carbocycles. The van der Waals surface area contributed by atoms with Crippen molar-refractivity contribution in [3.05, 3.63) is 58.7 Å². The second kappa shape index (κ2) is 7.32. The van der Waals surface area contributed by atoms with Crippen molar-refractivity contribution in [1.29, 1.82) is 0 Å². The summed E-state index contributed by atoms with van der Waals surface area (Å²) in [4.78, 5) is 8.99. The standard InChI is InChI=1S/C20H19ClN4O2/c1-12-3-4-14(10-16(12)21)23-19-9-13(2)22-20(25-19)24-15-5-6-17-18(11-15)27-8-7-26-17/h3-6,9-11H,7-8H2,1-2H3,(H2,22,23,24,25). The molecule has 1 aliphatic rings. The third-order valence-electron chi connectivity index (χ3n) is 4.10. The van der Waals surface area contributed by atoms with Gasteiger partial charge in [-0.3, -0.25) is 0 Å². The van der Waals surface area contributed by atoms with E-state index in [2.05, 4.69) is 20.6 Å². The molecular weight excluding hydrogens is 364 g/mol. The van der Waals surface area contributed by atoms with Crippen LogP contribution in [0.4, 0.5) is 23.1 Å². The van der Waals surface area contributed by atoms with Gasteiger partial charge in [0.1, 0.15) is 19.0 Å². The van der Waals surface area contributed by atoms with Crippen LogP contribution in [-0.2, 0) is 0 Å². The van der Waals surface area contributed by atoms with Crippen LogP contribution >= 0.6 is 11.6 Å². The van der Waals surface area contributed by atoms with E-state index in [-0.39, 0.29) is 0 Å². The van der Waals surface area contributed by atoms with E-state index < -0.39 is 0 Å². The van der Waals surface area contributed by atoms with Gasteiger partial charge in [0.05, 0.1) is 0 Å². The minimum atomic E-state index is 0.493. The highest BCUT2D eigenvalue weighted by atomic mass is 35.5. The number of nitrogens with one attached hydrogen (secondary N) is 2. The fourth-order valence-electron chi connectivity index (χ4n) is 2.76. The third kappa shape index (κ3) is 4.06. The summed E-state index contributed by atoms with van der Waals surface area (Å²) in [7, 11) is 0. The van der Waals surface area contributed by atoms with Crippen molar-refractivity contribution in [2.45, 2.75) is 13.8 Å². The lowest BCUT2D eigenvalue weighted by Crippen LogP contribution is -2.15. The number of hydrogen-bond acceptors (Lipinski definition) is 6. The SMILES string of the molecule is Cc1cc(Nc2ccc(C)c(Cl)c2)nc(Nc2ccc3c(c2)OCCO3)n1. The highest BCUT2D eigenvalue weighted by molar-refractivity contribution is 6.31. The Hall–Kier alpha value is -2.99. The maximum Gasteiger partial charge on any atom is 0.229 e. The molecule has 0 saturated heterocycles. The van der Waals surface area contributed by atoms with E-state index in [1.165, 1.54) is 0 Å². The predicted molar refractivity (Wildman–Crippen MR) is 107 cm³/mol. The molecule has 2 heterocycles. The van der Waals surface area contributed by atoms with Crippen LogP contribution in [0.15, 0.2) is 42.5 Å². The first kappa shape index (κ1) is 17.4. The van der Waals surface area contributed by atoms with Gasteiger partial charge in [0.15, 0.2) is 11.5 Å². The third-order valence-corrected chi connectivity index (χ3v) is 4.50. The van der Waals surface area contributed by atoms with E-state index in [9.17, 15) is 0 Å². The van der Waals surface area contributed by atoms with Gasteiger partial charge >= 0.3 is 0 Å². The zero-order valence-corrected chi connectivity index (χ0v) is 15.8. The molecule has 2 N–H and O–H groups in total. The molecule has 0 amide bonds. The lowest BCUT2D eigenvalue weighted by atomic mass is 10.2. The van der Waals surface area contributed by atoms with Gasteiger partial charge in [0.2, 0.25) is 5.95 Å². The van der Waals surface area contributed by atoms with E-state index >= 15 is 0 Å². The number of halogens is 1. The molecule has 1 aliphatic heterocycles. The molecule has 138 valence electrons. The van der Waals surface area contributed by atoms with E-state index in [1.54, 1.807) is 0 Å². The Morgan fingerprint density at radius 1 is 0.852 bits per heavy atom.